The summed E-state index contributed by atoms with van der Waals surface area (Å²) in [4.78, 5) is 21.7. The number of hydrogen-bond donors (Lipinski definition) is 1. The Balaban J connectivity index is 1.81. The van der Waals surface area contributed by atoms with Crippen molar-refractivity contribution < 1.29 is 9.53 Å². The zero-order valence-electron chi connectivity index (χ0n) is 14.5. The van der Waals surface area contributed by atoms with E-state index < -0.39 is 0 Å². The van der Waals surface area contributed by atoms with Crippen molar-refractivity contribution >= 4 is 33.3 Å². The first-order chi connectivity index (χ1) is 12.7. The molecule has 0 aliphatic rings. The van der Waals surface area contributed by atoms with Crippen LogP contribution in [0.5, 0.6) is 5.88 Å². The average molecular weight is 343 g/mol. The Labute approximate surface area is 150 Å². The van der Waals surface area contributed by atoms with Crippen LogP contribution < -0.4 is 10.1 Å². The molecule has 0 unspecified atom stereocenters. The highest BCUT2D eigenvalue weighted by atomic mass is 16.5. The second kappa shape index (κ2) is 6.44. The van der Waals surface area contributed by atoms with Crippen molar-refractivity contribution in [3.8, 4) is 5.88 Å². The first kappa shape index (κ1) is 16.0. The maximum atomic E-state index is 13.0. The Bertz CT molecular complexity index is 1140. The zero-order valence-corrected chi connectivity index (χ0v) is 14.5. The predicted octanol–water partition coefficient (Wildman–Crippen LogP) is 4.35. The summed E-state index contributed by atoms with van der Waals surface area (Å²) in [6.45, 7) is 1.83. The molecule has 4 rings (SSSR count). The molecule has 1 N–H and O–H groups in total. The number of anilines is 1. The lowest BCUT2D eigenvalue weighted by Gasteiger charge is -2.12. The molecule has 0 aliphatic heterocycles. The van der Waals surface area contributed by atoms with Gasteiger partial charge < -0.3 is 10.1 Å². The standard InChI is InChI=1S/C21H17N3O2/c1-13-18(9-10-19(23-13)26-2)24-21(25)17-12-14-6-3-4-7-15(14)16-8-5-11-22-20(16)17/h3-12H,1-2H3,(H,24,25). The third kappa shape index (κ3) is 2.73. The molecule has 0 radical (unpaired) electrons. The van der Waals surface area contributed by atoms with E-state index >= 15 is 0 Å². The number of pyridine rings is 2. The van der Waals surface area contributed by atoms with Gasteiger partial charge in [-0.1, -0.05) is 30.3 Å². The number of aromatic nitrogens is 2. The van der Waals surface area contributed by atoms with Gasteiger partial charge in [0.2, 0.25) is 5.88 Å². The molecule has 0 bridgehead atoms. The van der Waals surface area contributed by atoms with E-state index in [1.54, 1.807) is 25.4 Å². The molecule has 0 saturated heterocycles. The lowest BCUT2D eigenvalue weighted by Crippen LogP contribution is -2.14. The maximum Gasteiger partial charge on any atom is 0.257 e. The first-order valence-electron chi connectivity index (χ1n) is 8.27. The quantitative estimate of drug-likeness (QED) is 0.562. The van der Waals surface area contributed by atoms with Crippen LogP contribution in [0.15, 0.2) is 60.8 Å². The van der Waals surface area contributed by atoms with Gasteiger partial charge >= 0.3 is 0 Å². The summed E-state index contributed by atoms with van der Waals surface area (Å²) in [5.74, 6) is 0.299. The number of fused-ring (bicyclic) bond motifs is 3. The van der Waals surface area contributed by atoms with E-state index in [0.717, 1.165) is 16.2 Å². The third-order valence-electron chi connectivity index (χ3n) is 4.38. The Morgan fingerprint density at radius 3 is 2.65 bits per heavy atom. The van der Waals surface area contributed by atoms with E-state index in [0.29, 0.717) is 28.3 Å². The van der Waals surface area contributed by atoms with Crippen molar-refractivity contribution in [2.75, 3.05) is 12.4 Å². The fraction of sp³-hybridized carbons (Fsp3) is 0.0952. The summed E-state index contributed by atoms with van der Waals surface area (Å²) in [5, 5.41) is 5.98. The smallest absolute Gasteiger partial charge is 0.257 e. The van der Waals surface area contributed by atoms with E-state index in [4.69, 9.17) is 4.74 Å². The number of carbonyl (C=O) groups excluding carboxylic acids is 1. The summed E-state index contributed by atoms with van der Waals surface area (Å²) >= 11 is 0. The fourth-order valence-corrected chi connectivity index (χ4v) is 3.08. The minimum Gasteiger partial charge on any atom is -0.481 e. The number of nitrogens with zero attached hydrogens (tertiary/aromatic N) is 2. The van der Waals surface area contributed by atoms with Crippen LogP contribution in [-0.2, 0) is 0 Å². The summed E-state index contributed by atoms with van der Waals surface area (Å²) in [5.41, 5.74) is 2.56. The van der Waals surface area contributed by atoms with Gasteiger partial charge in [0.1, 0.15) is 0 Å². The van der Waals surface area contributed by atoms with Gasteiger partial charge in [-0.05, 0) is 35.9 Å². The number of aryl methyl sites for hydroxylation is 1. The molecule has 128 valence electrons. The van der Waals surface area contributed by atoms with Crippen molar-refractivity contribution in [3.05, 3.63) is 72.1 Å². The van der Waals surface area contributed by atoms with Crippen LogP contribution in [0.25, 0.3) is 21.7 Å². The molecule has 2 aromatic heterocycles. The van der Waals surface area contributed by atoms with Crippen molar-refractivity contribution in [1.82, 2.24) is 9.97 Å². The normalized spacial score (nSPS) is 10.8. The molecular weight excluding hydrogens is 326 g/mol. The fourth-order valence-electron chi connectivity index (χ4n) is 3.08. The first-order valence-corrected chi connectivity index (χ1v) is 8.27. The van der Waals surface area contributed by atoms with Crippen LogP contribution in [0.4, 0.5) is 5.69 Å². The predicted molar refractivity (Wildman–Crippen MR) is 103 cm³/mol. The number of ether oxygens (including phenoxy) is 1. The van der Waals surface area contributed by atoms with E-state index in [1.807, 2.05) is 49.4 Å². The van der Waals surface area contributed by atoms with Crippen LogP contribution in [0.1, 0.15) is 16.1 Å². The number of hydrogen-bond acceptors (Lipinski definition) is 4. The van der Waals surface area contributed by atoms with Crippen molar-refractivity contribution in [2.45, 2.75) is 6.92 Å². The van der Waals surface area contributed by atoms with Crippen LogP contribution in [0.3, 0.4) is 0 Å². The topological polar surface area (TPSA) is 64.1 Å². The molecule has 0 atom stereocenters. The Morgan fingerprint density at radius 1 is 1.04 bits per heavy atom. The number of methoxy groups -OCH3 is 1. The van der Waals surface area contributed by atoms with E-state index in [9.17, 15) is 4.79 Å². The summed E-state index contributed by atoms with van der Waals surface area (Å²) in [6, 6.07) is 17.2. The average Bonchev–Trinajstić information content (AvgIpc) is 2.68. The second-order valence-corrected chi connectivity index (χ2v) is 5.99. The Hall–Kier alpha value is -3.47. The second-order valence-electron chi connectivity index (χ2n) is 5.99. The highest BCUT2D eigenvalue weighted by Crippen LogP contribution is 2.28. The number of rotatable bonds is 3. The van der Waals surface area contributed by atoms with Gasteiger partial charge in [0, 0.05) is 17.6 Å². The van der Waals surface area contributed by atoms with Crippen LogP contribution >= 0.6 is 0 Å². The van der Waals surface area contributed by atoms with Crippen LogP contribution in [-0.4, -0.2) is 23.0 Å². The number of nitrogens with one attached hydrogen (secondary N) is 1. The molecule has 0 saturated carbocycles. The highest BCUT2D eigenvalue weighted by Gasteiger charge is 2.15. The lowest BCUT2D eigenvalue weighted by atomic mass is 10.0. The molecule has 0 aliphatic carbocycles. The van der Waals surface area contributed by atoms with Gasteiger partial charge in [-0.3, -0.25) is 9.78 Å². The molecule has 0 fully saturated rings. The Morgan fingerprint density at radius 2 is 1.85 bits per heavy atom. The molecule has 5 heteroatoms. The molecule has 0 spiro atoms. The SMILES string of the molecule is COc1ccc(NC(=O)c2cc3ccccc3c3cccnc23)c(C)n1. The minimum atomic E-state index is -0.213. The lowest BCUT2D eigenvalue weighted by molar-refractivity contribution is 0.102. The molecule has 1 amide bonds. The van der Waals surface area contributed by atoms with Crippen LogP contribution in [0, 0.1) is 6.92 Å². The molecule has 26 heavy (non-hydrogen) atoms. The monoisotopic (exact) mass is 343 g/mol. The van der Waals surface area contributed by atoms with Gasteiger partial charge in [0.25, 0.3) is 5.91 Å². The third-order valence-corrected chi connectivity index (χ3v) is 4.38. The number of amides is 1. The van der Waals surface area contributed by atoms with E-state index in [2.05, 4.69) is 15.3 Å². The van der Waals surface area contributed by atoms with Crippen molar-refractivity contribution in [1.29, 1.82) is 0 Å². The number of benzene rings is 2. The number of carbonyl (C=O) groups is 1. The van der Waals surface area contributed by atoms with Gasteiger partial charge in [-0.25, -0.2) is 4.98 Å². The van der Waals surface area contributed by atoms with E-state index in [1.165, 1.54) is 0 Å². The largest absolute Gasteiger partial charge is 0.481 e. The van der Waals surface area contributed by atoms with Gasteiger partial charge in [-0.2, -0.15) is 0 Å². The molecule has 4 aromatic rings. The van der Waals surface area contributed by atoms with Gasteiger partial charge in [0.15, 0.2) is 0 Å². The van der Waals surface area contributed by atoms with E-state index in [-0.39, 0.29) is 5.91 Å². The Kier molecular flexibility index (Phi) is 3.97. The zero-order chi connectivity index (χ0) is 18.1. The van der Waals surface area contributed by atoms with Crippen LogP contribution in [0.2, 0.25) is 0 Å². The minimum absolute atomic E-state index is 0.213. The molecule has 2 heterocycles. The molecule has 5 nitrogen and oxygen atoms in total. The summed E-state index contributed by atoms with van der Waals surface area (Å²) < 4.78 is 5.11. The highest BCUT2D eigenvalue weighted by molar-refractivity contribution is 6.18. The van der Waals surface area contributed by atoms with Gasteiger partial charge in [0.05, 0.1) is 29.6 Å². The summed E-state index contributed by atoms with van der Waals surface area (Å²) in [7, 11) is 1.56. The maximum absolute atomic E-state index is 13.0. The molecular formula is C21H17N3O2. The molecule has 2 aromatic carbocycles. The van der Waals surface area contributed by atoms with Crippen molar-refractivity contribution in [2.24, 2.45) is 0 Å². The van der Waals surface area contributed by atoms with Crippen molar-refractivity contribution in [3.63, 3.8) is 0 Å². The summed E-state index contributed by atoms with van der Waals surface area (Å²) in [6.07, 6.45) is 1.70. The van der Waals surface area contributed by atoms with Gasteiger partial charge in [-0.15, -0.1) is 0 Å².